The molecular weight excluding hydrogens is 234 g/mol. The number of hydrogen-bond acceptors (Lipinski definition) is 3. The Bertz CT molecular complexity index is 278. The largest absolute Gasteiger partial charge is 0.313 e. The minimum absolute atomic E-state index is 0.667. The molecule has 2 rings (SSSR count). The summed E-state index contributed by atoms with van der Waals surface area (Å²) in [5.74, 6) is 1.37. The molecule has 90 valence electrons. The van der Waals surface area contributed by atoms with Crippen LogP contribution in [0.25, 0.3) is 0 Å². The second-order valence-corrected chi connectivity index (χ2v) is 6.87. The lowest BCUT2D eigenvalue weighted by atomic mass is 10.1. The van der Waals surface area contributed by atoms with Crippen molar-refractivity contribution in [3.8, 4) is 0 Å². The van der Waals surface area contributed by atoms with E-state index in [9.17, 15) is 0 Å². The molecule has 1 aromatic rings. The zero-order valence-corrected chi connectivity index (χ0v) is 11.6. The van der Waals surface area contributed by atoms with Crippen LogP contribution in [0.15, 0.2) is 17.5 Å². The first-order valence-electron chi connectivity index (χ1n) is 6.26. The maximum absolute atomic E-state index is 3.74. The Morgan fingerprint density at radius 1 is 1.56 bits per heavy atom. The molecule has 0 saturated carbocycles. The van der Waals surface area contributed by atoms with Gasteiger partial charge >= 0.3 is 0 Å². The van der Waals surface area contributed by atoms with E-state index in [1.807, 2.05) is 11.3 Å². The highest BCUT2D eigenvalue weighted by Crippen LogP contribution is 2.25. The van der Waals surface area contributed by atoms with Crippen LogP contribution in [-0.2, 0) is 6.42 Å². The second-order valence-electron chi connectivity index (χ2n) is 4.43. The third-order valence-electron chi connectivity index (χ3n) is 3.18. The molecule has 1 fully saturated rings. The minimum atomic E-state index is 0.667. The summed E-state index contributed by atoms with van der Waals surface area (Å²) >= 11 is 4.02. The maximum atomic E-state index is 3.74. The molecule has 0 aromatic carbocycles. The van der Waals surface area contributed by atoms with E-state index in [4.69, 9.17) is 0 Å². The van der Waals surface area contributed by atoms with Gasteiger partial charge in [0.25, 0.3) is 0 Å². The summed E-state index contributed by atoms with van der Waals surface area (Å²) in [6.07, 6.45) is 5.26. The zero-order valence-electron chi connectivity index (χ0n) is 9.95. The van der Waals surface area contributed by atoms with Crippen LogP contribution < -0.4 is 5.32 Å². The van der Waals surface area contributed by atoms with Crippen LogP contribution in [-0.4, -0.2) is 23.6 Å². The Morgan fingerprint density at radius 2 is 2.50 bits per heavy atom. The van der Waals surface area contributed by atoms with Gasteiger partial charge in [-0.2, -0.15) is 11.8 Å². The first-order valence-corrected chi connectivity index (χ1v) is 8.18. The highest BCUT2D eigenvalue weighted by atomic mass is 32.2. The van der Waals surface area contributed by atoms with Crippen LogP contribution in [0.5, 0.6) is 0 Å². The lowest BCUT2D eigenvalue weighted by molar-refractivity contribution is 0.492. The van der Waals surface area contributed by atoms with Crippen molar-refractivity contribution in [3.05, 3.63) is 22.4 Å². The fourth-order valence-electron chi connectivity index (χ4n) is 2.14. The summed E-state index contributed by atoms with van der Waals surface area (Å²) in [7, 11) is 0. The molecule has 0 bridgehead atoms. The van der Waals surface area contributed by atoms with Crippen LogP contribution in [0, 0.1) is 0 Å². The van der Waals surface area contributed by atoms with Gasteiger partial charge in [0.05, 0.1) is 0 Å². The van der Waals surface area contributed by atoms with E-state index in [2.05, 4.69) is 41.5 Å². The Morgan fingerprint density at radius 3 is 3.12 bits per heavy atom. The molecule has 0 spiro atoms. The zero-order chi connectivity index (χ0) is 11.2. The SMILES string of the molecule is CCC(Cc1cccs1)NCC1CCCS1. The van der Waals surface area contributed by atoms with E-state index in [1.54, 1.807) is 0 Å². The smallest absolute Gasteiger partial charge is 0.0172 e. The van der Waals surface area contributed by atoms with Gasteiger partial charge in [0.2, 0.25) is 0 Å². The standard InChI is InChI=1S/C13H21NS2/c1-2-11(9-12-5-3-7-15-12)14-10-13-6-4-8-16-13/h3,5,7,11,13-14H,2,4,6,8-10H2,1H3. The van der Waals surface area contributed by atoms with E-state index >= 15 is 0 Å². The molecule has 1 N–H and O–H groups in total. The summed E-state index contributed by atoms with van der Waals surface area (Å²) in [6, 6.07) is 5.07. The molecule has 0 amide bonds. The third-order valence-corrected chi connectivity index (χ3v) is 5.48. The summed E-state index contributed by atoms with van der Waals surface area (Å²) in [5.41, 5.74) is 0. The van der Waals surface area contributed by atoms with Gasteiger partial charge in [0.1, 0.15) is 0 Å². The van der Waals surface area contributed by atoms with Crippen LogP contribution >= 0.6 is 23.1 Å². The van der Waals surface area contributed by atoms with Gasteiger partial charge in [-0.3, -0.25) is 0 Å². The maximum Gasteiger partial charge on any atom is 0.0172 e. The molecule has 3 heteroatoms. The van der Waals surface area contributed by atoms with Crippen molar-refractivity contribution in [2.24, 2.45) is 0 Å². The van der Waals surface area contributed by atoms with Crippen LogP contribution in [0.3, 0.4) is 0 Å². The molecular formula is C13H21NS2. The molecule has 0 aliphatic carbocycles. The Labute approximate surface area is 107 Å². The van der Waals surface area contributed by atoms with Crippen LogP contribution in [0.1, 0.15) is 31.1 Å². The molecule has 1 nitrogen and oxygen atoms in total. The first kappa shape index (κ1) is 12.5. The Balaban J connectivity index is 1.72. The third kappa shape index (κ3) is 3.79. The number of thioether (sulfide) groups is 1. The quantitative estimate of drug-likeness (QED) is 0.834. The minimum Gasteiger partial charge on any atom is -0.313 e. The summed E-state index contributed by atoms with van der Waals surface area (Å²) in [4.78, 5) is 1.51. The van der Waals surface area contributed by atoms with Crippen molar-refractivity contribution in [1.29, 1.82) is 0 Å². The Hall–Kier alpha value is 0.01000. The van der Waals surface area contributed by atoms with E-state index in [0.29, 0.717) is 6.04 Å². The number of hydrogen-bond donors (Lipinski definition) is 1. The fraction of sp³-hybridized carbons (Fsp3) is 0.692. The second kappa shape index (κ2) is 6.67. The lowest BCUT2D eigenvalue weighted by Crippen LogP contribution is -2.34. The van der Waals surface area contributed by atoms with Crippen molar-refractivity contribution in [3.63, 3.8) is 0 Å². The molecule has 2 heterocycles. The predicted molar refractivity (Wildman–Crippen MR) is 75.6 cm³/mol. The molecule has 1 saturated heterocycles. The highest BCUT2D eigenvalue weighted by molar-refractivity contribution is 8.00. The predicted octanol–water partition coefficient (Wildman–Crippen LogP) is 3.55. The topological polar surface area (TPSA) is 12.0 Å². The molecule has 1 aliphatic rings. The van der Waals surface area contributed by atoms with Crippen molar-refractivity contribution >= 4 is 23.1 Å². The number of rotatable bonds is 6. The van der Waals surface area contributed by atoms with Crippen molar-refractivity contribution in [2.45, 2.75) is 43.9 Å². The average Bonchev–Trinajstić information content (AvgIpc) is 2.97. The van der Waals surface area contributed by atoms with Gasteiger partial charge in [-0.05, 0) is 42.9 Å². The molecule has 0 radical (unpaired) electrons. The van der Waals surface area contributed by atoms with Gasteiger partial charge in [-0.1, -0.05) is 13.0 Å². The molecule has 1 aliphatic heterocycles. The normalized spacial score (nSPS) is 22.4. The van der Waals surface area contributed by atoms with E-state index in [1.165, 1.54) is 42.9 Å². The number of nitrogens with one attached hydrogen (secondary N) is 1. The van der Waals surface area contributed by atoms with Gasteiger partial charge in [0.15, 0.2) is 0 Å². The van der Waals surface area contributed by atoms with E-state index in [-0.39, 0.29) is 0 Å². The molecule has 1 aromatic heterocycles. The summed E-state index contributed by atoms with van der Waals surface area (Å²) in [6.45, 7) is 3.49. The fourth-order valence-corrected chi connectivity index (χ4v) is 4.14. The monoisotopic (exact) mass is 255 g/mol. The van der Waals surface area contributed by atoms with E-state index < -0.39 is 0 Å². The summed E-state index contributed by atoms with van der Waals surface area (Å²) < 4.78 is 0. The van der Waals surface area contributed by atoms with Gasteiger partial charge < -0.3 is 5.32 Å². The van der Waals surface area contributed by atoms with Crippen molar-refractivity contribution in [2.75, 3.05) is 12.3 Å². The van der Waals surface area contributed by atoms with Crippen LogP contribution in [0.2, 0.25) is 0 Å². The van der Waals surface area contributed by atoms with Crippen molar-refractivity contribution < 1.29 is 0 Å². The average molecular weight is 255 g/mol. The van der Waals surface area contributed by atoms with E-state index in [0.717, 1.165) is 5.25 Å². The molecule has 2 unspecified atom stereocenters. The van der Waals surface area contributed by atoms with Crippen LogP contribution in [0.4, 0.5) is 0 Å². The van der Waals surface area contributed by atoms with Gasteiger partial charge in [-0.25, -0.2) is 0 Å². The summed E-state index contributed by atoms with van der Waals surface area (Å²) in [5, 5.41) is 6.78. The Kier molecular flexibility index (Phi) is 5.20. The molecule has 16 heavy (non-hydrogen) atoms. The van der Waals surface area contributed by atoms with Gasteiger partial charge in [-0.15, -0.1) is 11.3 Å². The molecule has 2 atom stereocenters. The number of thiophene rings is 1. The first-order chi connectivity index (χ1) is 7.88. The lowest BCUT2D eigenvalue weighted by Gasteiger charge is -2.18. The van der Waals surface area contributed by atoms with Crippen molar-refractivity contribution in [1.82, 2.24) is 5.32 Å². The van der Waals surface area contributed by atoms with Gasteiger partial charge in [0, 0.05) is 22.7 Å². The highest BCUT2D eigenvalue weighted by Gasteiger charge is 2.16.